The molecule has 1 atom stereocenters. The fourth-order valence-corrected chi connectivity index (χ4v) is 7.05. The van der Waals surface area contributed by atoms with Crippen molar-refractivity contribution in [2.75, 3.05) is 19.8 Å². The lowest BCUT2D eigenvalue weighted by Crippen LogP contribution is -2.30. The predicted molar refractivity (Wildman–Crippen MR) is 242 cm³/mol. The second-order valence-electron chi connectivity index (χ2n) is 16.4. The molecule has 0 spiro atoms. The zero-order valence-corrected chi connectivity index (χ0v) is 37.7. The number of unbranched alkanes of at least 4 members (excludes halogenated alkanes) is 28. The van der Waals surface area contributed by atoms with Gasteiger partial charge in [-0.3, -0.25) is 9.59 Å². The Morgan fingerprint density at radius 2 is 0.804 bits per heavy atom. The summed E-state index contributed by atoms with van der Waals surface area (Å²) in [7, 11) is 0. The highest BCUT2D eigenvalue weighted by Crippen LogP contribution is 2.16. The molecular formula is C51H94O5. The molecular weight excluding hydrogens is 693 g/mol. The lowest BCUT2D eigenvalue weighted by atomic mass is 10.0. The van der Waals surface area contributed by atoms with E-state index >= 15 is 0 Å². The molecule has 0 aromatic carbocycles. The Morgan fingerprint density at radius 3 is 1.29 bits per heavy atom. The van der Waals surface area contributed by atoms with Crippen LogP contribution in [0.15, 0.2) is 36.5 Å². The number of ether oxygens (including phenoxy) is 3. The fourth-order valence-electron chi connectivity index (χ4n) is 7.05. The van der Waals surface area contributed by atoms with Gasteiger partial charge in [-0.15, -0.1) is 0 Å². The number of carbonyl (C=O) groups is 2. The molecule has 1 unspecified atom stereocenters. The van der Waals surface area contributed by atoms with E-state index in [0.29, 0.717) is 19.4 Å². The lowest BCUT2D eigenvalue weighted by molar-refractivity contribution is -0.163. The number of rotatable bonds is 45. The van der Waals surface area contributed by atoms with Crippen molar-refractivity contribution in [1.82, 2.24) is 0 Å². The van der Waals surface area contributed by atoms with E-state index in [1.54, 1.807) is 0 Å². The van der Waals surface area contributed by atoms with Crippen LogP contribution in [0.4, 0.5) is 0 Å². The first kappa shape index (κ1) is 54.1. The van der Waals surface area contributed by atoms with Crippen LogP contribution in [0.1, 0.15) is 252 Å². The van der Waals surface area contributed by atoms with Crippen molar-refractivity contribution in [3.8, 4) is 0 Å². The van der Waals surface area contributed by atoms with E-state index in [2.05, 4.69) is 57.2 Å². The molecule has 0 fully saturated rings. The van der Waals surface area contributed by atoms with Gasteiger partial charge in [-0.05, 0) is 51.4 Å². The highest BCUT2D eigenvalue weighted by Gasteiger charge is 2.17. The number of hydrogen-bond acceptors (Lipinski definition) is 5. The van der Waals surface area contributed by atoms with Crippen molar-refractivity contribution in [2.45, 2.75) is 258 Å². The number of allylic oxidation sites excluding steroid dienone is 6. The van der Waals surface area contributed by atoms with Gasteiger partial charge in [-0.1, -0.05) is 224 Å². The molecule has 0 aliphatic carbocycles. The van der Waals surface area contributed by atoms with E-state index < -0.39 is 6.10 Å². The molecule has 0 heterocycles. The van der Waals surface area contributed by atoms with Crippen LogP contribution in [-0.2, 0) is 23.8 Å². The van der Waals surface area contributed by atoms with Crippen molar-refractivity contribution in [1.29, 1.82) is 0 Å². The summed E-state index contributed by atoms with van der Waals surface area (Å²) in [5.41, 5.74) is 0. The molecule has 56 heavy (non-hydrogen) atoms. The summed E-state index contributed by atoms with van der Waals surface area (Å²) in [5, 5.41) is 0. The van der Waals surface area contributed by atoms with Crippen molar-refractivity contribution >= 4 is 11.9 Å². The van der Waals surface area contributed by atoms with E-state index in [9.17, 15) is 9.59 Å². The Kier molecular flexibility index (Phi) is 45.9. The average molecular weight is 787 g/mol. The van der Waals surface area contributed by atoms with Crippen LogP contribution in [0.25, 0.3) is 0 Å². The molecule has 328 valence electrons. The van der Waals surface area contributed by atoms with Crippen molar-refractivity contribution in [3.63, 3.8) is 0 Å². The second-order valence-corrected chi connectivity index (χ2v) is 16.4. The SMILES string of the molecule is CC/C=C\C/C=C\C/C=C\CCCCCCCCCC(=O)OCC(COCCCCCCCC)OC(=O)CCCCCCCCCCCCCCCCCCC. The minimum atomic E-state index is -0.531. The highest BCUT2D eigenvalue weighted by atomic mass is 16.6. The second kappa shape index (κ2) is 47.5. The van der Waals surface area contributed by atoms with Gasteiger partial charge < -0.3 is 14.2 Å². The third kappa shape index (κ3) is 44.8. The first-order valence-electron chi connectivity index (χ1n) is 24.5. The van der Waals surface area contributed by atoms with Crippen LogP contribution in [0.5, 0.6) is 0 Å². The quantitative estimate of drug-likeness (QED) is 0.0349. The van der Waals surface area contributed by atoms with Crippen LogP contribution in [0, 0.1) is 0 Å². The van der Waals surface area contributed by atoms with Gasteiger partial charge in [0.05, 0.1) is 6.61 Å². The topological polar surface area (TPSA) is 61.8 Å². The molecule has 0 rings (SSSR count). The smallest absolute Gasteiger partial charge is 0.306 e. The van der Waals surface area contributed by atoms with Gasteiger partial charge in [0.1, 0.15) is 6.61 Å². The van der Waals surface area contributed by atoms with E-state index in [0.717, 1.165) is 70.6 Å². The van der Waals surface area contributed by atoms with Gasteiger partial charge in [0, 0.05) is 19.4 Å². The molecule has 0 aliphatic rings. The maximum Gasteiger partial charge on any atom is 0.306 e. The average Bonchev–Trinajstić information content (AvgIpc) is 3.20. The van der Waals surface area contributed by atoms with Crippen LogP contribution in [0.3, 0.4) is 0 Å². The Morgan fingerprint density at radius 1 is 0.411 bits per heavy atom. The summed E-state index contributed by atoms with van der Waals surface area (Å²) in [6, 6.07) is 0. The number of esters is 2. The largest absolute Gasteiger partial charge is 0.462 e. The van der Waals surface area contributed by atoms with E-state index in [1.165, 1.54) is 148 Å². The first-order chi connectivity index (χ1) is 27.6. The van der Waals surface area contributed by atoms with Gasteiger partial charge in [0.15, 0.2) is 6.10 Å². The zero-order valence-electron chi connectivity index (χ0n) is 37.7. The molecule has 0 saturated heterocycles. The van der Waals surface area contributed by atoms with Crippen LogP contribution in [-0.4, -0.2) is 37.9 Å². The minimum Gasteiger partial charge on any atom is -0.462 e. The fraction of sp³-hybridized carbons (Fsp3) is 0.843. The van der Waals surface area contributed by atoms with Crippen molar-refractivity contribution in [3.05, 3.63) is 36.5 Å². The molecule has 5 nitrogen and oxygen atoms in total. The molecule has 0 aromatic rings. The molecule has 5 heteroatoms. The molecule has 0 aliphatic heterocycles. The van der Waals surface area contributed by atoms with Crippen LogP contribution in [0.2, 0.25) is 0 Å². The molecule has 0 aromatic heterocycles. The summed E-state index contributed by atoms with van der Waals surface area (Å²) in [6.45, 7) is 7.71. The molecule has 0 radical (unpaired) electrons. The molecule has 0 N–H and O–H groups in total. The highest BCUT2D eigenvalue weighted by molar-refractivity contribution is 5.70. The molecule has 0 bridgehead atoms. The van der Waals surface area contributed by atoms with Gasteiger partial charge in [0.25, 0.3) is 0 Å². The van der Waals surface area contributed by atoms with Crippen molar-refractivity contribution < 1.29 is 23.8 Å². The van der Waals surface area contributed by atoms with Crippen LogP contribution < -0.4 is 0 Å². The van der Waals surface area contributed by atoms with E-state index in [-0.39, 0.29) is 25.2 Å². The first-order valence-corrected chi connectivity index (χ1v) is 24.5. The van der Waals surface area contributed by atoms with Gasteiger partial charge >= 0.3 is 11.9 Å². The summed E-state index contributed by atoms with van der Waals surface area (Å²) < 4.78 is 17.3. The molecule has 0 amide bonds. The van der Waals surface area contributed by atoms with Gasteiger partial charge in [-0.2, -0.15) is 0 Å². The van der Waals surface area contributed by atoms with E-state index in [4.69, 9.17) is 14.2 Å². The van der Waals surface area contributed by atoms with Crippen molar-refractivity contribution in [2.24, 2.45) is 0 Å². The van der Waals surface area contributed by atoms with Crippen LogP contribution >= 0.6 is 0 Å². The predicted octanol–water partition coefficient (Wildman–Crippen LogP) is 16.2. The van der Waals surface area contributed by atoms with Gasteiger partial charge in [0.2, 0.25) is 0 Å². The Labute approximate surface area is 349 Å². The maximum atomic E-state index is 12.7. The third-order valence-electron chi connectivity index (χ3n) is 10.7. The maximum absolute atomic E-state index is 12.7. The number of carbonyl (C=O) groups excluding carboxylic acids is 2. The monoisotopic (exact) mass is 787 g/mol. The number of hydrogen-bond donors (Lipinski definition) is 0. The zero-order chi connectivity index (χ0) is 40.7. The standard InChI is InChI=1S/C51H94O5/c1-4-7-10-13-16-18-20-22-24-26-28-30-32-34-36-38-41-44-50(52)55-48-49(47-54-46-43-40-15-12-9-6-3)56-51(53)45-42-39-37-35-33-31-29-27-25-23-21-19-17-14-11-8-5-2/h7,10,16,18,22,24,49H,4-6,8-9,11-15,17,19-21,23,25-48H2,1-3H3/b10-7-,18-16-,24-22-. The Bertz CT molecular complexity index is 893. The van der Waals surface area contributed by atoms with Gasteiger partial charge in [-0.25, -0.2) is 0 Å². The summed E-state index contributed by atoms with van der Waals surface area (Å²) in [4.78, 5) is 25.2. The Balaban J connectivity index is 4.07. The van der Waals surface area contributed by atoms with E-state index in [1.807, 2.05) is 0 Å². The lowest BCUT2D eigenvalue weighted by Gasteiger charge is -2.18. The normalized spacial score (nSPS) is 12.4. The summed E-state index contributed by atoms with van der Waals surface area (Å²) in [6.07, 6.45) is 55.9. The summed E-state index contributed by atoms with van der Waals surface area (Å²) in [5.74, 6) is -0.399. The summed E-state index contributed by atoms with van der Waals surface area (Å²) >= 11 is 0. The Hall–Kier alpha value is -1.88. The third-order valence-corrected chi connectivity index (χ3v) is 10.7. The molecule has 0 saturated carbocycles. The minimum absolute atomic E-state index is 0.0845.